The first-order chi connectivity index (χ1) is 11.5. The molecule has 0 saturated heterocycles. The lowest BCUT2D eigenvalue weighted by molar-refractivity contribution is 0.101. The maximum atomic E-state index is 12.2. The van der Waals surface area contributed by atoms with E-state index in [0.717, 1.165) is 38.3 Å². The Bertz CT molecular complexity index is 877. The van der Waals surface area contributed by atoms with Gasteiger partial charge in [-0.2, -0.15) is 0 Å². The van der Waals surface area contributed by atoms with Crippen LogP contribution in [0.2, 0.25) is 0 Å². The summed E-state index contributed by atoms with van der Waals surface area (Å²) in [4.78, 5) is 12.2. The van der Waals surface area contributed by atoms with Crippen molar-refractivity contribution in [2.75, 3.05) is 7.11 Å². The molecule has 0 radical (unpaired) electrons. The zero-order chi connectivity index (χ0) is 17.3. The van der Waals surface area contributed by atoms with E-state index in [1.807, 2.05) is 61.7 Å². The highest BCUT2D eigenvalue weighted by Crippen LogP contribution is 2.32. The van der Waals surface area contributed by atoms with Gasteiger partial charge in [0.1, 0.15) is 5.75 Å². The van der Waals surface area contributed by atoms with Crippen LogP contribution in [0.5, 0.6) is 5.75 Å². The third-order valence-electron chi connectivity index (χ3n) is 4.11. The molecule has 3 aromatic rings. The van der Waals surface area contributed by atoms with Gasteiger partial charge in [0, 0.05) is 33.2 Å². The van der Waals surface area contributed by atoms with E-state index in [9.17, 15) is 4.79 Å². The fourth-order valence-corrected chi connectivity index (χ4v) is 3.17. The minimum absolute atomic E-state index is 0.0641. The lowest BCUT2D eigenvalue weighted by atomic mass is 10.0. The molecular formula is C20H18BrNO2. The second-order valence-corrected chi connectivity index (χ2v) is 6.55. The number of Topliss-reactive ketones (excluding diaryl/α,β-unsaturated/α-hetero) is 1. The normalized spacial score (nSPS) is 10.7. The summed E-state index contributed by atoms with van der Waals surface area (Å²) in [7, 11) is 1.64. The number of ether oxygens (including phenoxy) is 1. The predicted molar refractivity (Wildman–Crippen MR) is 100 cm³/mol. The molecule has 0 aliphatic carbocycles. The van der Waals surface area contributed by atoms with E-state index in [1.165, 1.54) is 0 Å². The summed E-state index contributed by atoms with van der Waals surface area (Å²) in [5.74, 6) is 0.862. The maximum Gasteiger partial charge on any atom is 0.162 e. The molecule has 0 unspecified atom stereocenters. The van der Waals surface area contributed by atoms with Crippen molar-refractivity contribution in [2.24, 2.45) is 0 Å². The van der Waals surface area contributed by atoms with Crippen molar-refractivity contribution in [1.29, 1.82) is 0 Å². The first-order valence-corrected chi connectivity index (χ1v) is 8.44. The number of hydrogen-bond acceptors (Lipinski definition) is 2. The molecule has 3 rings (SSSR count). The minimum atomic E-state index is 0.0641. The van der Waals surface area contributed by atoms with Crippen LogP contribution in [-0.2, 0) is 0 Å². The first-order valence-electron chi connectivity index (χ1n) is 7.64. The summed E-state index contributed by atoms with van der Waals surface area (Å²) in [5.41, 5.74) is 4.65. The van der Waals surface area contributed by atoms with Crippen LogP contribution in [0, 0.1) is 6.92 Å². The quantitative estimate of drug-likeness (QED) is 0.562. The SMILES string of the molecule is COc1ccc(-c2cn(-c3ccc(Br)cc3)c(C)c2C(C)=O)cc1. The van der Waals surface area contributed by atoms with Crippen LogP contribution in [0.15, 0.2) is 59.2 Å². The summed E-state index contributed by atoms with van der Waals surface area (Å²) in [5, 5.41) is 0. The molecule has 0 spiro atoms. The predicted octanol–water partition coefficient (Wildman–Crippen LogP) is 5.43. The Morgan fingerprint density at radius 1 is 1.04 bits per heavy atom. The van der Waals surface area contributed by atoms with Crippen molar-refractivity contribution >= 4 is 21.7 Å². The number of nitrogens with zero attached hydrogens (tertiary/aromatic N) is 1. The zero-order valence-corrected chi connectivity index (χ0v) is 15.4. The third kappa shape index (κ3) is 3.02. The van der Waals surface area contributed by atoms with Crippen LogP contribution in [0.1, 0.15) is 23.0 Å². The highest BCUT2D eigenvalue weighted by molar-refractivity contribution is 9.10. The molecule has 0 amide bonds. The van der Waals surface area contributed by atoms with Gasteiger partial charge in [-0.05, 0) is 55.8 Å². The summed E-state index contributed by atoms with van der Waals surface area (Å²) in [6, 6.07) is 15.8. The summed E-state index contributed by atoms with van der Waals surface area (Å²) in [6.07, 6.45) is 2.02. The van der Waals surface area contributed by atoms with Crippen molar-refractivity contribution in [3.63, 3.8) is 0 Å². The van der Waals surface area contributed by atoms with Crippen molar-refractivity contribution in [3.05, 3.63) is 70.5 Å². The third-order valence-corrected chi connectivity index (χ3v) is 4.64. The van der Waals surface area contributed by atoms with Gasteiger partial charge < -0.3 is 9.30 Å². The molecule has 0 fully saturated rings. The van der Waals surface area contributed by atoms with Gasteiger partial charge in [0.25, 0.3) is 0 Å². The Hall–Kier alpha value is -2.33. The molecule has 0 saturated carbocycles. The van der Waals surface area contributed by atoms with Crippen LogP contribution in [0.25, 0.3) is 16.8 Å². The highest BCUT2D eigenvalue weighted by Gasteiger charge is 2.18. The van der Waals surface area contributed by atoms with Crippen LogP contribution in [-0.4, -0.2) is 17.5 Å². The van der Waals surface area contributed by atoms with Gasteiger partial charge in [0.05, 0.1) is 7.11 Å². The molecule has 3 nitrogen and oxygen atoms in total. The van der Waals surface area contributed by atoms with Crippen molar-refractivity contribution in [2.45, 2.75) is 13.8 Å². The second kappa shape index (κ2) is 6.65. The standard InChI is InChI=1S/C20H18BrNO2/c1-13-20(14(2)23)19(15-4-10-18(24-3)11-5-15)12-22(13)17-8-6-16(21)7-9-17/h4-12H,1-3H3. The Balaban J connectivity index is 2.16. The Morgan fingerprint density at radius 2 is 1.67 bits per heavy atom. The van der Waals surface area contributed by atoms with Gasteiger partial charge in [-0.15, -0.1) is 0 Å². The van der Waals surface area contributed by atoms with E-state index in [-0.39, 0.29) is 5.78 Å². The van der Waals surface area contributed by atoms with Crippen LogP contribution in [0.4, 0.5) is 0 Å². The number of carbonyl (C=O) groups is 1. The van der Waals surface area contributed by atoms with Gasteiger partial charge in [-0.3, -0.25) is 4.79 Å². The monoisotopic (exact) mass is 383 g/mol. The van der Waals surface area contributed by atoms with Crippen LogP contribution < -0.4 is 4.74 Å². The number of halogens is 1. The number of carbonyl (C=O) groups excluding carboxylic acids is 1. The van der Waals surface area contributed by atoms with E-state index in [4.69, 9.17) is 4.74 Å². The molecule has 1 heterocycles. The number of ketones is 1. The van der Waals surface area contributed by atoms with Crippen LogP contribution in [0.3, 0.4) is 0 Å². The van der Waals surface area contributed by atoms with Gasteiger partial charge in [-0.25, -0.2) is 0 Å². The number of rotatable bonds is 4. The fraction of sp³-hybridized carbons (Fsp3) is 0.150. The highest BCUT2D eigenvalue weighted by atomic mass is 79.9. The fourth-order valence-electron chi connectivity index (χ4n) is 2.91. The molecule has 0 aliphatic rings. The molecule has 0 aliphatic heterocycles. The number of benzene rings is 2. The van der Waals surface area contributed by atoms with Crippen molar-refractivity contribution in [3.8, 4) is 22.6 Å². The maximum absolute atomic E-state index is 12.2. The lowest BCUT2D eigenvalue weighted by Gasteiger charge is -2.06. The molecule has 0 N–H and O–H groups in total. The number of aromatic nitrogens is 1. The minimum Gasteiger partial charge on any atom is -0.497 e. The van der Waals surface area contributed by atoms with Crippen molar-refractivity contribution < 1.29 is 9.53 Å². The number of methoxy groups -OCH3 is 1. The molecular weight excluding hydrogens is 366 g/mol. The van der Waals surface area contributed by atoms with Gasteiger partial charge in [-0.1, -0.05) is 28.1 Å². The topological polar surface area (TPSA) is 31.2 Å². The van der Waals surface area contributed by atoms with Gasteiger partial charge >= 0.3 is 0 Å². The Kier molecular flexibility index (Phi) is 4.58. The summed E-state index contributed by atoms with van der Waals surface area (Å²) < 4.78 is 8.30. The lowest BCUT2D eigenvalue weighted by Crippen LogP contribution is -1.99. The molecule has 0 atom stereocenters. The molecule has 24 heavy (non-hydrogen) atoms. The van der Waals surface area contributed by atoms with Gasteiger partial charge in [0.15, 0.2) is 5.78 Å². The molecule has 0 bridgehead atoms. The van der Waals surface area contributed by atoms with E-state index in [1.54, 1.807) is 14.0 Å². The largest absolute Gasteiger partial charge is 0.497 e. The average molecular weight is 384 g/mol. The summed E-state index contributed by atoms with van der Waals surface area (Å²) >= 11 is 3.45. The molecule has 2 aromatic carbocycles. The first kappa shape index (κ1) is 16.5. The van der Waals surface area contributed by atoms with Crippen molar-refractivity contribution in [1.82, 2.24) is 4.57 Å². The smallest absolute Gasteiger partial charge is 0.162 e. The van der Waals surface area contributed by atoms with Crippen LogP contribution >= 0.6 is 15.9 Å². The van der Waals surface area contributed by atoms with E-state index in [0.29, 0.717) is 0 Å². The zero-order valence-electron chi connectivity index (χ0n) is 13.8. The van der Waals surface area contributed by atoms with E-state index in [2.05, 4.69) is 20.5 Å². The average Bonchev–Trinajstić information content (AvgIpc) is 2.93. The molecule has 4 heteroatoms. The Labute approximate surface area is 150 Å². The van der Waals surface area contributed by atoms with E-state index < -0.39 is 0 Å². The molecule has 1 aromatic heterocycles. The summed E-state index contributed by atoms with van der Waals surface area (Å²) in [6.45, 7) is 3.59. The van der Waals surface area contributed by atoms with E-state index >= 15 is 0 Å². The van der Waals surface area contributed by atoms with Gasteiger partial charge in [0.2, 0.25) is 0 Å². The second-order valence-electron chi connectivity index (χ2n) is 5.63. The number of hydrogen-bond donors (Lipinski definition) is 0. The Morgan fingerprint density at radius 3 is 2.21 bits per heavy atom. The molecule has 122 valence electrons.